The highest BCUT2D eigenvalue weighted by molar-refractivity contribution is 7.12. The van der Waals surface area contributed by atoms with E-state index in [0.717, 1.165) is 19.2 Å². The van der Waals surface area contributed by atoms with Gasteiger partial charge in [-0.2, -0.15) is 0 Å². The van der Waals surface area contributed by atoms with Gasteiger partial charge in [-0.15, -0.1) is 11.3 Å². The van der Waals surface area contributed by atoms with E-state index >= 15 is 0 Å². The van der Waals surface area contributed by atoms with E-state index in [1.54, 1.807) is 0 Å². The van der Waals surface area contributed by atoms with Gasteiger partial charge < -0.3 is 14.8 Å². The van der Waals surface area contributed by atoms with Gasteiger partial charge in [-0.3, -0.25) is 0 Å². The van der Waals surface area contributed by atoms with E-state index in [1.807, 2.05) is 18.3 Å². The molecule has 3 nitrogen and oxygen atoms in total. The van der Waals surface area contributed by atoms with Gasteiger partial charge in [0.05, 0.1) is 19.8 Å². The van der Waals surface area contributed by atoms with E-state index in [1.165, 1.54) is 28.2 Å². The number of rotatable bonds is 9. The van der Waals surface area contributed by atoms with Gasteiger partial charge in [0.25, 0.3) is 0 Å². The van der Waals surface area contributed by atoms with Crippen molar-refractivity contribution in [3.8, 4) is 0 Å². The summed E-state index contributed by atoms with van der Waals surface area (Å²) in [5, 5.41) is 3.55. The Kier molecular flexibility index (Phi) is 5.63. The molecule has 1 fully saturated rings. The Hall–Kier alpha value is -0.420. The summed E-state index contributed by atoms with van der Waals surface area (Å²) in [6.45, 7) is 8.02. The Balaban J connectivity index is 1.69. The monoisotopic (exact) mass is 269 g/mol. The van der Waals surface area contributed by atoms with E-state index in [-0.39, 0.29) is 0 Å². The maximum Gasteiger partial charge on any atom is 0.0728 e. The number of thiophene rings is 1. The average molecular weight is 269 g/mol. The summed E-state index contributed by atoms with van der Waals surface area (Å²) in [6, 6.07) is 3.05. The van der Waals surface area contributed by atoms with Crippen LogP contribution in [-0.4, -0.2) is 25.9 Å². The van der Waals surface area contributed by atoms with Crippen LogP contribution < -0.4 is 5.32 Å². The van der Waals surface area contributed by atoms with Crippen LogP contribution in [0.4, 0.5) is 0 Å². The number of ether oxygens (including phenoxy) is 2. The molecular formula is C14H23NO2S. The zero-order valence-corrected chi connectivity index (χ0v) is 12.1. The lowest BCUT2D eigenvalue weighted by molar-refractivity contribution is 0.0452. The molecule has 0 atom stereocenters. The maximum atomic E-state index is 5.62. The molecule has 1 aliphatic rings. The standard InChI is InChI=1S/C14H23NO2S/c1-3-16-6-7-17-10-12-8-14(18-11(12)2)9-15-13-4-5-13/h8,13,15H,3-7,9-10H2,1-2H3. The Bertz CT molecular complexity index is 361. The Morgan fingerprint density at radius 1 is 1.33 bits per heavy atom. The fourth-order valence-electron chi connectivity index (χ4n) is 1.79. The molecule has 0 unspecified atom stereocenters. The minimum Gasteiger partial charge on any atom is -0.379 e. The molecule has 1 aliphatic carbocycles. The Morgan fingerprint density at radius 2 is 2.11 bits per heavy atom. The predicted octanol–water partition coefficient (Wildman–Crippen LogP) is 2.86. The molecule has 0 bridgehead atoms. The van der Waals surface area contributed by atoms with E-state index in [0.29, 0.717) is 19.8 Å². The third-order valence-corrected chi connectivity index (χ3v) is 4.14. The molecule has 4 heteroatoms. The second kappa shape index (κ2) is 7.24. The topological polar surface area (TPSA) is 30.5 Å². The lowest BCUT2D eigenvalue weighted by Gasteiger charge is -2.03. The van der Waals surface area contributed by atoms with Crippen LogP contribution in [-0.2, 0) is 22.6 Å². The molecule has 1 aromatic heterocycles. The molecule has 0 aromatic carbocycles. The summed E-state index contributed by atoms with van der Waals surface area (Å²) >= 11 is 1.88. The van der Waals surface area contributed by atoms with Crippen LogP contribution in [0, 0.1) is 6.92 Å². The zero-order chi connectivity index (χ0) is 12.8. The number of nitrogens with one attached hydrogen (secondary N) is 1. The van der Waals surface area contributed by atoms with Gasteiger partial charge in [0.1, 0.15) is 0 Å². The smallest absolute Gasteiger partial charge is 0.0728 e. The first-order valence-corrected chi connectivity index (χ1v) is 7.58. The van der Waals surface area contributed by atoms with Gasteiger partial charge in [0.2, 0.25) is 0 Å². The molecule has 1 N–H and O–H groups in total. The molecular weight excluding hydrogens is 246 g/mol. The molecule has 2 rings (SSSR count). The first kappa shape index (κ1) is 14.0. The summed E-state index contributed by atoms with van der Waals surface area (Å²) in [6.07, 6.45) is 2.69. The van der Waals surface area contributed by atoms with Crippen molar-refractivity contribution < 1.29 is 9.47 Å². The van der Waals surface area contributed by atoms with E-state index in [9.17, 15) is 0 Å². The minimum absolute atomic E-state index is 0.679. The van der Waals surface area contributed by atoms with Crippen molar-refractivity contribution >= 4 is 11.3 Å². The van der Waals surface area contributed by atoms with Crippen LogP contribution in [0.25, 0.3) is 0 Å². The Morgan fingerprint density at radius 3 is 2.83 bits per heavy atom. The van der Waals surface area contributed by atoms with Crippen LogP contribution in [0.1, 0.15) is 35.1 Å². The van der Waals surface area contributed by atoms with Crippen molar-refractivity contribution in [3.63, 3.8) is 0 Å². The quantitative estimate of drug-likeness (QED) is 0.699. The SMILES string of the molecule is CCOCCOCc1cc(CNC2CC2)sc1C. The van der Waals surface area contributed by atoms with Crippen LogP contribution in [0.5, 0.6) is 0 Å². The highest BCUT2D eigenvalue weighted by atomic mass is 32.1. The van der Waals surface area contributed by atoms with Crippen LogP contribution in [0.3, 0.4) is 0 Å². The summed E-state index contributed by atoms with van der Waals surface area (Å²) in [4.78, 5) is 2.79. The first-order valence-electron chi connectivity index (χ1n) is 6.76. The molecule has 1 aromatic rings. The van der Waals surface area contributed by atoms with Gasteiger partial charge in [-0.1, -0.05) is 0 Å². The summed E-state index contributed by atoms with van der Waals surface area (Å²) in [7, 11) is 0. The molecule has 18 heavy (non-hydrogen) atoms. The predicted molar refractivity (Wildman–Crippen MR) is 75.1 cm³/mol. The lowest BCUT2D eigenvalue weighted by Crippen LogP contribution is -2.14. The molecule has 0 spiro atoms. The van der Waals surface area contributed by atoms with Gasteiger partial charge in [-0.25, -0.2) is 0 Å². The molecule has 1 heterocycles. The van der Waals surface area contributed by atoms with Crippen molar-refractivity contribution in [2.45, 2.75) is 45.9 Å². The summed E-state index contributed by atoms with van der Waals surface area (Å²) < 4.78 is 10.9. The first-order chi connectivity index (χ1) is 8.79. The second-order valence-corrected chi connectivity index (χ2v) is 6.04. The molecule has 1 saturated carbocycles. The third-order valence-electron chi connectivity index (χ3n) is 3.05. The fourth-order valence-corrected chi connectivity index (χ4v) is 2.79. The minimum atomic E-state index is 0.679. The summed E-state index contributed by atoms with van der Waals surface area (Å²) in [5.41, 5.74) is 1.32. The molecule has 0 saturated heterocycles. The normalized spacial score (nSPS) is 15.2. The molecule has 0 amide bonds. The summed E-state index contributed by atoms with van der Waals surface area (Å²) in [5.74, 6) is 0. The van der Waals surface area contributed by atoms with Gasteiger partial charge in [0.15, 0.2) is 0 Å². The largest absolute Gasteiger partial charge is 0.379 e. The highest BCUT2D eigenvalue weighted by Gasteiger charge is 2.20. The van der Waals surface area contributed by atoms with E-state index in [4.69, 9.17) is 9.47 Å². The van der Waals surface area contributed by atoms with Gasteiger partial charge in [-0.05, 0) is 38.3 Å². The molecule has 0 aliphatic heterocycles. The van der Waals surface area contributed by atoms with Crippen LogP contribution in [0.2, 0.25) is 0 Å². The van der Waals surface area contributed by atoms with Crippen LogP contribution >= 0.6 is 11.3 Å². The van der Waals surface area contributed by atoms with Crippen molar-refractivity contribution in [3.05, 3.63) is 21.4 Å². The molecule has 0 radical (unpaired) electrons. The number of hydrogen-bond donors (Lipinski definition) is 1. The number of hydrogen-bond acceptors (Lipinski definition) is 4. The third kappa shape index (κ3) is 4.69. The second-order valence-electron chi connectivity index (χ2n) is 4.70. The van der Waals surface area contributed by atoms with Crippen molar-refractivity contribution in [1.82, 2.24) is 5.32 Å². The Labute approximate surface area is 113 Å². The van der Waals surface area contributed by atoms with Crippen LogP contribution in [0.15, 0.2) is 6.07 Å². The van der Waals surface area contributed by atoms with Crippen molar-refractivity contribution in [1.29, 1.82) is 0 Å². The fraction of sp³-hybridized carbons (Fsp3) is 0.714. The van der Waals surface area contributed by atoms with E-state index < -0.39 is 0 Å². The average Bonchev–Trinajstić information content (AvgIpc) is 3.12. The van der Waals surface area contributed by atoms with E-state index in [2.05, 4.69) is 18.3 Å². The van der Waals surface area contributed by atoms with Gasteiger partial charge >= 0.3 is 0 Å². The molecule has 102 valence electrons. The highest BCUT2D eigenvalue weighted by Crippen LogP contribution is 2.24. The van der Waals surface area contributed by atoms with Crippen molar-refractivity contribution in [2.75, 3.05) is 19.8 Å². The maximum absolute atomic E-state index is 5.62. The number of aryl methyl sites for hydroxylation is 1. The van der Waals surface area contributed by atoms with Gasteiger partial charge in [0, 0.05) is 28.9 Å². The zero-order valence-electron chi connectivity index (χ0n) is 11.3. The lowest BCUT2D eigenvalue weighted by atomic mass is 10.2. The van der Waals surface area contributed by atoms with Crippen molar-refractivity contribution in [2.24, 2.45) is 0 Å².